The predicted molar refractivity (Wildman–Crippen MR) is 76.0 cm³/mol. The van der Waals surface area contributed by atoms with Gasteiger partial charge in [0.15, 0.2) is 0 Å². The highest BCUT2D eigenvalue weighted by Crippen LogP contribution is 2.30. The number of aromatic nitrogens is 1. The molecule has 0 bridgehead atoms. The number of hydrogen-bond acceptors (Lipinski definition) is 3. The fourth-order valence-electron chi connectivity index (χ4n) is 1.75. The van der Waals surface area contributed by atoms with E-state index in [1.165, 1.54) is 12.1 Å². The van der Waals surface area contributed by atoms with Crippen molar-refractivity contribution in [3.63, 3.8) is 0 Å². The number of nitrogens with zero attached hydrogens (tertiary/aromatic N) is 1. The fraction of sp³-hybridized carbons (Fsp3) is 0.200. The Kier molecular flexibility index (Phi) is 4.98. The number of amides is 1. The van der Waals surface area contributed by atoms with Crippen LogP contribution in [0.1, 0.15) is 11.1 Å². The molecule has 0 unspecified atom stereocenters. The van der Waals surface area contributed by atoms with Gasteiger partial charge in [0, 0.05) is 24.6 Å². The minimum absolute atomic E-state index is 0.105. The lowest BCUT2D eigenvalue weighted by Crippen LogP contribution is -2.29. The predicted octanol–water partition coefficient (Wildman–Crippen LogP) is 2.83. The Morgan fingerprint density at radius 2 is 1.86 bits per heavy atom. The zero-order valence-corrected chi connectivity index (χ0v) is 11.5. The van der Waals surface area contributed by atoms with Crippen molar-refractivity contribution >= 4 is 11.6 Å². The van der Waals surface area contributed by atoms with E-state index >= 15 is 0 Å². The van der Waals surface area contributed by atoms with E-state index in [-0.39, 0.29) is 18.1 Å². The second-order valence-electron chi connectivity index (χ2n) is 4.56. The first-order valence-electron chi connectivity index (χ1n) is 6.52. The van der Waals surface area contributed by atoms with Crippen molar-refractivity contribution in [3.05, 3.63) is 59.9 Å². The molecule has 0 saturated carbocycles. The summed E-state index contributed by atoms with van der Waals surface area (Å²) in [5.41, 5.74) is 0.381. The van der Waals surface area contributed by atoms with Crippen LogP contribution in [-0.4, -0.2) is 17.4 Å². The monoisotopic (exact) mass is 309 g/mol. The first kappa shape index (κ1) is 15.8. The molecule has 2 N–H and O–H groups in total. The van der Waals surface area contributed by atoms with E-state index in [9.17, 15) is 18.0 Å². The third-order valence-electron chi connectivity index (χ3n) is 2.88. The summed E-state index contributed by atoms with van der Waals surface area (Å²) in [6.45, 7) is 0.234. The van der Waals surface area contributed by atoms with Crippen LogP contribution in [0.5, 0.6) is 0 Å². The Morgan fingerprint density at radius 1 is 1.14 bits per heavy atom. The molecule has 1 heterocycles. The van der Waals surface area contributed by atoms with Crippen LogP contribution >= 0.6 is 0 Å². The number of nitrogens with one attached hydrogen (secondary N) is 2. The summed E-state index contributed by atoms with van der Waals surface area (Å²) >= 11 is 0. The topological polar surface area (TPSA) is 54.0 Å². The average Bonchev–Trinajstić information content (AvgIpc) is 2.51. The third kappa shape index (κ3) is 4.76. The van der Waals surface area contributed by atoms with Gasteiger partial charge in [-0.2, -0.15) is 13.2 Å². The SMILES string of the molecule is O=C(CNc1cccc(C(F)(F)F)c1)NCc1ccncc1. The molecule has 1 aromatic heterocycles. The number of hydrogen-bond donors (Lipinski definition) is 2. The molecule has 0 saturated heterocycles. The number of alkyl halides is 3. The van der Waals surface area contributed by atoms with Crippen LogP contribution < -0.4 is 10.6 Å². The molecule has 0 aliphatic rings. The maximum Gasteiger partial charge on any atom is 0.416 e. The van der Waals surface area contributed by atoms with Crippen molar-refractivity contribution in [3.8, 4) is 0 Å². The Bertz CT molecular complexity index is 629. The van der Waals surface area contributed by atoms with Crippen molar-refractivity contribution in [2.24, 2.45) is 0 Å². The van der Waals surface area contributed by atoms with E-state index in [2.05, 4.69) is 15.6 Å². The van der Waals surface area contributed by atoms with Crippen molar-refractivity contribution in [2.45, 2.75) is 12.7 Å². The number of pyridine rings is 1. The Labute approximate surface area is 125 Å². The first-order valence-corrected chi connectivity index (χ1v) is 6.52. The van der Waals surface area contributed by atoms with Crippen molar-refractivity contribution in [2.75, 3.05) is 11.9 Å². The molecular formula is C15H14F3N3O. The first-order chi connectivity index (χ1) is 10.4. The van der Waals surface area contributed by atoms with E-state index in [0.717, 1.165) is 17.7 Å². The molecule has 116 valence electrons. The van der Waals surface area contributed by atoms with E-state index in [4.69, 9.17) is 0 Å². The summed E-state index contributed by atoms with van der Waals surface area (Å²) in [4.78, 5) is 15.5. The second-order valence-corrected chi connectivity index (χ2v) is 4.56. The standard InChI is InChI=1S/C15H14F3N3O/c16-15(17,18)12-2-1-3-13(8-12)20-10-14(22)21-9-11-4-6-19-7-5-11/h1-8,20H,9-10H2,(H,21,22). The van der Waals surface area contributed by atoms with Gasteiger partial charge in [-0.3, -0.25) is 9.78 Å². The van der Waals surface area contributed by atoms with Gasteiger partial charge in [0.25, 0.3) is 0 Å². The number of rotatable bonds is 5. The molecule has 0 radical (unpaired) electrons. The summed E-state index contributed by atoms with van der Waals surface area (Å²) in [5, 5.41) is 5.33. The van der Waals surface area contributed by atoms with Gasteiger partial charge in [-0.1, -0.05) is 6.07 Å². The van der Waals surface area contributed by atoms with E-state index in [0.29, 0.717) is 6.54 Å². The normalized spacial score (nSPS) is 11.0. The smallest absolute Gasteiger partial charge is 0.376 e. The molecular weight excluding hydrogens is 295 g/mol. The van der Waals surface area contributed by atoms with Crippen LogP contribution in [0.25, 0.3) is 0 Å². The largest absolute Gasteiger partial charge is 0.416 e. The van der Waals surface area contributed by atoms with Crippen LogP contribution in [0.3, 0.4) is 0 Å². The van der Waals surface area contributed by atoms with Crippen LogP contribution in [-0.2, 0) is 17.5 Å². The highest BCUT2D eigenvalue weighted by molar-refractivity contribution is 5.80. The molecule has 1 aromatic carbocycles. The summed E-state index contributed by atoms with van der Waals surface area (Å²) < 4.78 is 37.7. The fourth-order valence-corrected chi connectivity index (χ4v) is 1.75. The second kappa shape index (κ2) is 6.93. The molecule has 0 fully saturated rings. The maximum absolute atomic E-state index is 12.6. The molecule has 4 nitrogen and oxygen atoms in total. The minimum Gasteiger partial charge on any atom is -0.376 e. The highest BCUT2D eigenvalue weighted by atomic mass is 19.4. The number of benzene rings is 1. The molecule has 7 heteroatoms. The Balaban J connectivity index is 1.84. The lowest BCUT2D eigenvalue weighted by atomic mass is 10.2. The van der Waals surface area contributed by atoms with Gasteiger partial charge in [-0.15, -0.1) is 0 Å². The molecule has 2 rings (SSSR count). The number of carbonyl (C=O) groups excluding carboxylic acids is 1. The van der Waals surface area contributed by atoms with Gasteiger partial charge in [-0.05, 0) is 35.9 Å². The number of halogens is 3. The van der Waals surface area contributed by atoms with Crippen LogP contribution in [0.2, 0.25) is 0 Å². The zero-order valence-electron chi connectivity index (χ0n) is 11.5. The highest BCUT2D eigenvalue weighted by Gasteiger charge is 2.30. The van der Waals surface area contributed by atoms with Gasteiger partial charge in [0.05, 0.1) is 12.1 Å². The van der Waals surface area contributed by atoms with E-state index < -0.39 is 11.7 Å². The van der Waals surface area contributed by atoms with Gasteiger partial charge < -0.3 is 10.6 Å². The third-order valence-corrected chi connectivity index (χ3v) is 2.88. The van der Waals surface area contributed by atoms with Crippen LogP contribution in [0.15, 0.2) is 48.8 Å². The lowest BCUT2D eigenvalue weighted by molar-refractivity contribution is -0.137. The molecule has 1 amide bonds. The molecule has 2 aromatic rings. The van der Waals surface area contributed by atoms with E-state index in [1.54, 1.807) is 24.5 Å². The molecule has 0 atom stereocenters. The maximum atomic E-state index is 12.6. The quantitative estimate of drug-likeness (QED) is 0.893. The number of carbonyl (C=O) groups is 1. The van der Waals surface area contributed by atoms with Crippen molar-refractivity contribution in [1.82, 2.24) is 10.3 Å². The molecule has 0 spiro atoms. The van der Waals surface area contributed by atoms with Gasteiger partial charge in [0.2, 0.25) is 5.91 Å². The molecule has 22 heavy (non-hydrogen) atoms. The number of anilines is 1. The Hall–Kier alpha value is -2.57. The van der Waals surface area contributed by atoms with Gasteiger partial charge >= 0.3 is 6.18 Å². The van der Waals surface area contributed by atoms with Crippen molar-refractivity contribution in [1.29, 1.82) is 0 Å². The molecule has 0 aliphatic heterocycles. The van der Waals surface area contributed by atoms with Crippen LogP contribution in [0.4, 0.5) is 18.9 Å². The molecule has 0 aliphatic carbocycles. The van der Waals surface area contributed by atoms with E-state index in [1.807, 2.05) is 0 Å². The summed E-state index contributed by atoms with van der Waals surface area (Å²) in [6.07, 6.45) is -1.17. The Morgan fingerprint density at radius 3 is 2.55 bits per heavy atom. The summed E-state index contributed by atoms with van der Waals surface area (Å²) in [7, 11) is 0. The zero-order chi connectivity index (χ0) is 16.0. The van der Waals surface area contributed by atoms with Crippen molar-refractivity contribution < 1.29 is 18.0 Å². The summed E-state index contributed by atoms with van der Waals surface area (Å²) in [5.74, 6) is -0.311. The summed E-state index contributed by atoms with van der Waals surface area (Å²) in [6, 6.07) is 8.25. The van der Waals surface area contributed by atoms with Gasteiger partial charge in [0.1, 0.15) is 0 Å². The lowest BCUT2D eigenvalue weighted by Gasteiger charge is -2.11. The van der Waals surface area contributed by atoms with Gasteiger partial charge in [-0.25, -0.2) is 0 Å². The average molecular weight is 309 g/mol. The minimum atomic E-state index is -4.40. The van der Waals surface area contributed by atoms with Crippen LogP contribution in [0, 0.1) is 0 Å².